The average Bonchev–Trinajstić information content (AvgIpc) is 3.25. The largest absolute Gasteiger partial charge is 0.497 e. The fourth-order valence-electron chi connectivity index (χ4n) is 6.88. The number of piperidine rings is 1. The van der Waals surface area contributed by atoms with Crippen molar-refractivity contribution in [1.82, 2.24) is 20.0 Å². The number of nitrogens with zero attached hydrogens (tertiary/aromatic N) is 3. The molecule has 8 heteroatoms. The number of fused-ring (bicyclic) bond motifs is 1. The highest BCUT2D eigenvalue weighted by Crippen LogP contribution is 2.53. The molecule has 0 spiro atoms. The monoisotopic (exact) mass is 466 g/mol. The molecule has 0 unspecified atom stereocenters. The molecule has 34 heavy (non-hydrogen) atoms. The average molecular weight is 467 g/mol. The first-order chi connectivity index (χ1) is 16.3. The number of hydrogen-bond acceptors (Lipinski definition) is 5. The Morgan fingerprint density at radius 3 is 2.56 bits per heavy atom. The van der Waals surface area contributed by atoms with Crippen molar-refractivity contribution in [2.75, 3.05) is 20.8 Å². The predicted molar refractivity (Wildman–Crippen MR) is 128 cm³/mol. The van der Waals surface area contributed by atoms with Crippen LogP contribution in [0.3, 0.4) is 0 Å². The number of likely N-dealkylation sites (tertiary alicyclic amines) is 2. The van der Waals surface area contributed by atoms with Gasteiger partial charge in [-0.05, 0) is 44.4 Å². The summed E-state index contributed by atoms with van der Waals surface area (Å²) in [6.45, 7) is 6.45. The smallest absolute Gasteiger partial charge is 0.272 e. The van der Waals surface area contributed by atoms with Crippen molar-refractivity contribution in [3.8, 4) is 22.8 Å². The Balaban J connectivity index is 1.52. The predicted octanol–water partition coefficient (Wildman–Crippen LogP) is 3.80. The number of H-pyrrole nitrogens is 1. The van der Waals surface area contributed by atoms with E-state index in [0.717, 1.165) is 43.2 Å². The van der Waals surface area contributed by atoms with Gasteiger partial charge in [-0.1, -0.05) is 19.8 Å². The van der Waals surface area contributed by atoms with Gasteiger partial charge in [0.15, 0.2) is 0 Å². The van der Waals surface area contributed by atoms with Gasteiger partial charge in [0.1, 0.15) is 17.2 Å². The summed E-state index contributed by atoms with van der Waals surface area (Å²) in [7, 11) is 3.24. The number of benzene rings is 1. The Morgan fingerprint density at radius 1 is 1.15 bits per heavy atom. The van der Waals surface area contributed by atoms with Gasteiger partial charge in [0.2, 0.25) is 5.91 Å². The third kappa shape index (κ3) is 3.29. The fraction of sp³-hybridized carbons (Fsp3) is 0.577. The van der Waals surface area contributed by atoms with Crippen molar-refractivity contribution in [2.45, 2.75) is 71.0 Å². The fourth-order valence-corrected chi connectivity index (χ4v) is 6.88. The van der Waals surface area contributed by atoms with E-state index >= 15 is 0 Å². The number of aromatic nitrogens is 2. The minimum atomic E-state index is -0.0759. The van der Waals surface area contributed by atoms with Gasteiger partial charge < -0.3 is 19.3 Å². The van der Waals surface area contributed by atoms with Crippen LogP contribution in [0.25, 0.3) is 11.3 Å². The van der Waals surface area contributed by atoms with E-state index in [9.17, 15) is 9.59 Å². The molecule has 2 aromatic rings. The van der Waals surface area contributed by atoms with E-state index in [-0.39, 0.29) is 35.4 Å². The summed E-state index contributed by atoms with van der Waals surface area (Å²) in [4.78, 5) is 30.7. The maximum atomic E-state index is 14.0. The second-order valence-corrected chi connectivity index (χ2v) is 10.2. The number of carbonyl (C=O) groups is 2. The number of methoxy groups -OCH3 is 2. The molecule has 3 aliphatic rings. The molecule has 2 aliphatic heterocycles. The SMILES string of the molecule is COc1ccc(OC)c(-c2n[nH]c(C(=O)N3C[C@@H]4C[C@@]5(C)[C@H](CCCC[C@@H]35)N4C(C)=O)c2C)c1. The van der Waals surface area contributed by atoms with Crippen LogP contribution >= 0.6 is 0 Å². The van der Waals surface area contributed by atoms with Gasteiger partial charge >= 0.3 is 0 Å². The molecular weight excluding hydrogens is 432 g/mol. The standard InChI is InChI=1S/C26H34N4O4/c1-15-23(19-12-18(33-4)10-11-20(19)34-5)27-28-24(15)25(32)29-14-17-13-26(3)21(29)8-6-7-9-22(26)30(17)16(2)31/h10-12,17,21-22H,6-9,13-14H2,1-5H3,(H,27,28)/t17-,21+,22-,26+/m0/s1. The maximum Gasteiger partial charge on any atom is 0.272 e. The number of nitrogens with one attached hydrogen (secondary N) is 1. The summed E-state index contributed by atoms with van der Waals surface area (Å²) in [5, 5.41) is 7.55. The van der Waals surface area contributed by atoms with Crippen LogP contribution < -0.4 is 9.47 Å². The molecule has 0 radical (unpaired) electrons. The van der Waals surface area contributed by atoms with Gasteiger partial charge in [0.25, 0.3) is 5.91 Å². The van der Waals surface area contributed by atoms with Crippen LogP contribution in [0.2, 0.25) is 0 Å². The number of ether oxygens (including phenoxy) is 2. The van der Waals surface area contributed by atoms with Crippen LogP contribution in [0.4, 0.5) is 0 Å². The van der Waals surface area contributed by atoms with Gasteiger partial charge in [0.05, 0.1) is 26.0 Å². The third-order valence-electron chi connectivity index (χ3n) is 8.43. The van der Waals surface area contributed by atoms with Crippen molar-refractivity contribution in [1.29, 1.82) is 0 Å². The van der Waals surface area contributed by atoms with Crippen LogP contribution in [0, 0.1) is 12.3 Å². The molecule has 8 nitrogen and oxygen atoms in total. The lowest BCUT2D eigenvalue weighted by molar-refractivity contribution is -0.132. The van der Waals surface area contributed by atoms with E-state index in [1.807, 2.05) is 30.0 Å². The Labute approximate surface area is 200 Å². The number of hydrogen-bond donors (Lipinski definition) is 1. The summed E-state index contributed by atoms with van der Waals surface area (Å²) in [6.07, 6.45) is 5.14. The quantitative estimate of drug-likeness (QED) is 0.741. The molecule has 4 atom stereocenters. The molecule has 2 saturated heterocycles. The minimum Gasteiger partial charge on any atom is -0.497 e. The van der Waals surface area contributed by atoms with Crippen LogP contribution in [-0.4, -0.2) is 70.7 Å². The summed E-state index contributed by atoms with van der Waals surface area (Å²) in [5.41, 5.74) is 2.66. The van der Waals surface area contributed by atoms with Crippen molar-refractivity contribution in [2.24, 2.45) is 5.41 Å². The number of amides is 2. The zero-order chi connectivity index (χ0) is 24.2. The molecule has 3 heterocycles. The zero-order valence-electron chi connectivity index (χ0n) is 20.7. The normalized spacial score (nSPS) is 28.0. The highest BCUT2D eigenvalue weighted by molar-refractivity contribution is 5.96. The van der Waals surface area contributed by atoms with E-state index in [1.165, 1.54) is 0 Å². The lowest BCUT2D eigenvalue weighted by Gasteiger charge is -2.46. The summed E-state index contributed by atoms with van der Waals surface area (Å²) < 4.78 is 10.9. The topological polar surface area (TPSA) is 87.8 Å². The van der Waals surface area contributed by atoms with Crippen LogP contribution in [0.15, 0.2) is 18.2 Å². The lowest BCUT2D eigenvalue weighted by atomic mass is 9.71. The lowest BCUT2D eigenvalue weighted by Crippen LogP contribution is -2.56. The van der Waals surface area contributed by atoms with Gasteiger partial charge in [0, 0.05) is 42.1 Å². The molecule has 1 aliphatic carbocycles. The highest BCUT2D eigenvalue weighted by atomic mass is 16.5. The molecular formula is C26H34N4O4. The molecule has 2 amide bonds. The molecule has 5 rings (SSSR count). The molecule has 182 valence electrons. The van der Waals surface area contributed by atoms with Gasteiger partial charge in [-0.25, -0.2) is 0 Å². The van der Waals surface area contributed by atoms with Crippen molar-refractivity contribution >= 4 is 11.8 Å². The summed E-state index contributed by atoms with van der Waals surface area (Å²) >= 11 is 0. The third-order valence-corrected chi connectivity index (χ3v) is 8.43. The number of carbonyl (C=O) groups excluding carboxylic acids is 2. The number of rotatable bonds is 4. The second kappa shape index (κ2) is 8.32. The minimum absolute atomic E-state index is 0.0370. The van der Waals surface area contributed by atoms with Crippen LogP contribution in [0.1, 0.15) is 62.0 Å². The van der Waals surface area contributed by atoms with Crippen molar-refractivity contribution in [3.05, 3.63) is 29.5 Å². The molecule has 1 saturated carbocycles. The summed E-state index contributed by atoms with van der Waals surface area (Å²) in [6, 6.07) is 5.95. The van der Waals surface area contributed by atoms with Crippen LogP contribution in [0.5, 0.6) is 11.5 Å². The molecule has 1 N–H and O–H groups in total. The number of aromatic amines is 1. The van der Waals surface area contributed by atoms with E-state index in [0.29, 0.717) is 29.4 Å². The Morgan fingerprint density at radius 2 is 1.88 bits per heavy atom. The first-order valence-corrected chi connectivity index (χ1v) is 12.2. The molecule has 1 aromatic heterocycles. The van der Waals surface area contributed by atoms with E-state index in [1.54, 1.807) is 21.1 Å². The second-order valence-electron chi connectivity index (χ2n) is 10.2. The van der Waals surface area contributed by atoms with Gasteiger partial charge in [-0.15, -0.1) is 0 Å². The van der Waals surface area contributed by atoms with Crippen LogP contribution in [-0.2, 0) is 4.79 Å². The first kappa shape index (κ1) is 22.7. The molecule has 3 fully saturated rings. The molecule has 2 bridgehead atoms. The zero-order valence-corrected chi connectivity index (χ0v) is 20.7. The maximum absolute atomic E-state index is 14.0. The Kier molecular flexibility index (Phi) is 5.57. The Hall–Kier alpha value is -3.03. The van der Waals surface area contributed by atoms with E-state index < -0.39 is 0 Å². The van der Waals surface area contributed by atoms with Crippen molar-refractivity contribution < 1.29 is 19.1 Å². The summed E-state index contributed by atoms with van der Waals surface area (Å²) in [5.74, 6) is 1.45. The van der Waals surface area contributed by atoms with Crippen molar-refractivity contribution in [3.63, 3.8) is 0 Å². The molecule has 1 aromatic carbocycles. The van der Waals surface area contributed by atoms with Gasteiger partial charge in [-0.3, -0.25) is 14.7 Å². The Bertz CT molecular complexity index is 1130. The van der Waals surface area contributed by atoms with Gasteiger partial charge in [-0.2, -0.15) is 5.10 Å². The first-order valence-electron chi connectivity index (χ1n) is 12.2. The van der Waals surface area contributed by atoms with E-state index in [4.69, 9.17) is 9.47 Å². The van der Waals surface area contributed by atoms with E-state index in [2.05, 4.69) is 22.0 Å². The highest BCUT2D eigenvalue weighted by Gasteiger charge is 2.60.